The lowest BCUT2D eigenvalue weighted by Crippen LogP contribution is -2.32. The minimum Gasteiger partial charge on any atom is -0.332 e. The minimum absolute atomic E-state index is 0.154. The molecule has 0 bridgehead atoms. The number of carbonyl (C=O) groups is 2. The minimum atomic E-state index is -0.363. The SMILES string of the molecule is O=C(/C=C/c1ccc(Cl)cc1)NC(=S)Nc1ccc(NC(=O)c2cccc(Cl)c2)cc1. The van der Waals surface area contributed by atoms with Gasteiger partial charge < -0.3 is 10.6 Å². The summed E-state index contributed by atoms with van der Waals surface area (Å²) in [6.45, 7) is 0. The van der Waals surface area contributed by atoms with E-state index in [9.17, 15) is 9.59 Å². The summed E-state index contributed by atoms with van der Waals surface area (Å²) >= 11 is 16.9. The van der Waals surface area contributed by atoms with Crippen molar-refractivity contribution in [3.05, 3.63) is 100 Å². The maximum absolute atomic E-state index is 12.3. The summed E-state index contributed by atoms with van der Waals surface area (Å²) < 4.78 is 0. The molecule has 0 unspecified atom stereocenters. The lowest BCUT2D eigenvalue weighted by atomic mass is 10.2. The Hall–Kier alpha value is -3.19. The highest BCUT2D eigenvalue weighted by Crippen LogP contribution is 2.16. The van der Waals surface area contributed by atoms with Gasteiger partial charge in [0.1, 0.15) is 0 Å². The average Bonchev–Trinajstić information content (AvgIpc) is 2.74. The normalized spacial score (nSPS) is 10.5. The highest BCUT2D eigenvalue weighted by molar-refractivity contribution is 7.80. The third-order valence-electron chi connectivity index (χ3n) is 4.02. The van der Waals surface area contributed by atoms with Crippen LogP contribution in [0.15, 0.2) is 78.9 Å². The highest BCUT2D eigenvalue weighted by Gasteiger charge is 2.07. The number of nitrogens with one attached hydrogen (secondary N) is 3. The molecule has 3 N–H and O–H groups in total. The number of amides is 2. The number of thiocarbonyl (C=S) groups is 1. The first-order valence-electron chi connectivity index (χ1n) is 9.12. The molecular weight excluding hydrogens is 453 g/mol. The van der Waals surface area contributed by atoms with Crippen molar-refractivity contribution in [2.45, 2.75) is 0 Å². The monoisotopic (exact) mass is 469 g/mol. The Labute approximate surface area is 195 Å². The van der Waals surface area contributed by atoms with Gasteiger partial charge in [-0.1, -0.05) is 41.4 Å². The topological polar surface area (TPSA) is 70.2 Å². The van der Waals surface area contributed by atoms with Gasteiger partial charge in [0.15, 0.2) is 5.11 Å². The van der Waals surface area contributed by atoms with Gasteiger partial charge in [-0.05, 0) is 78.5 Å². The number of hydrogen-bond acceptors (Lipinski definition) is 3. The van der Waals surface area contributed by atoms with E-state index in [2.05, 4.69) is 16.0 Å². The number of carbonyl (C=O) groups excluding carboxylic acids is 2. The third-order valence-corrected chi connectivity index (χ3v) is 4.71. The fourth-order valence-corrected chi connectivity index (χ4v) is 3.07. The van der Waals surface area contributed by atoms with Crippen molar-refractivity contribution in [3.8, 4) is 0 Å². The van der Waals surface area contributed by atoms with Gasteiger partial charge in [0.25, 0.3) is 5.91 Å². The fourth-order valence-electron chi connectivity index (χ4n) is 2.53. The molecule has 3 rings (SSSR count). The van der Waals surface area contributed by atoms with Crippen molar-refractivity contribution < 1.29 is 9.59 Å². The molecule has 0 aromatic heterocycles. The zero-order valence-corrected chi connectivity index (χ0v) is 18.4. The number of hydrogen-bond donors (Lipinski definition) is 3. The van der Waals surface area contributed by atoms with Crippen LogP contribution in [0.25, 0.3) is 6.08 Å². The Bertz CT molecular complexity index is 1130. The van der Waals surface area contributed by atoms with E-state index in [1.165, 1.54) is 6.08 Å². The standard InChI is InChI=1S/C23H17Cl2N3O2S/c24-17-7-4-15(5-8-17)6-13-21(29)28-23(31)27-20-11-9-19(10-12-20)26-22(30)16-2-1-3-18(25)14-16/h1-14H,(H,26,30)(H2,27,28,29,31)/b13-6+. The molecule has 3 aromatic rings. The summed E-state index contributed by atoms with van der Waals surface area (Å²) in [4.78, 5) is 24.3. The molecule has 156 valence electrons. The van der Waals surface area contributed by atoms with Crippen LogP contribution >= 0.6 is 35.4 Å². The summed E-state index contributed by atoms with van der Waals surface area (Å²) in [5, 5.41) is 9.55. The first kappa shape index (κ1) is 22.5. The molecule has 0 radical (unpaired) electrons. The number of benzene rings is 3. The smallest absolute Gasteiger partial charge is 0.255 e. The van der Waals surface area contributed by atoms with Crippen LogP contribution in [0.1, 0.15) is 15.9 Å². The van der Waals surface area contributed by atoms with Crippen LogP contribution < -0.4 is 16.0 Å². The molecule has 0 fully saturated rings. The molecule has 8 heteroatoms. The quantitative estimate of drug-likeness (QED) is 0.327. The summed E-state index contributed by atoms with van der Waals surface area (Å²) in [7, 11) is 0. The van der Waals surface area contributed by atoms with Crippen molar-refractivity contribution in [2.75, 3.05) is 10.6 Å². The molecule has 3 aromatic carbocycles. The zero-order valence-electron chi connectivity index (χ0n) is 16.1. The summed E-state index contributed by atoms with van der Waals surface area (Å²) in [5.74, 6) is -0.628. The Morgan fingerprint density at radius 3 is 2.10 bits per heavy atom. The molecular formula is C23H17Cl2N3O2S. The zero-order chi connectivity index (χ0) is 22.2. The Kier molecular flexibility index (Phi) is 7.78. The highest BCUT2D eigenvalue weighted by atomic mass is 35.5. The van der Waals surface area contributed by atoms with Gasteiger partial charge in [0.05, 0.1) is 0 Å². The number of halogens is 2. The molecule has 5 nitrogen and oxygen atoms in total. The van der Waals surface area contributed by atoms with Crippen LogP contribution in [0.2, 0.25) is 10.0 Å². The van der Waals surface area contributed by atoms with E-state index in [1.54, 1.807) is 78.9 Å². The summed E-state index contributed by atoms with van der Waals surface area (Å²) in [6.07, 6.45) is 3.04. The molecule has 2 amide bonds. The average molecular weight is 470 g/mol. The first-order valence-corrected chi connectivity index (χ1v) is 10.3. The molecule has 0 aliphatic rings. The van der Waals surface area contributed by atoms with E-state index in [0.29, 0.717) is 27.0 Å². The lowest BCUT2D eigenvalue weighted by molar-refractivity contribution is -0.115. The van der Waals surface area contributed by atoms with Gasteiger partial charge in [-0.2, -0.15) is 0 Å². The van der Waals surface area contributed by atoms with Crippen LogP contribution in [-0.4, -0.2) is 16.9 Å². The molecule has 0 saturated carbocycles. The van der Waals surface area contributed by atoms with Crippen molar-refractivity contribution in [3.63, 3.8) is 0 Å². The van der Waals surface area contributed by atoms with Gasteiger partial charge in [-0.25, -0.2) is 0 Å². The van der Waals surface area contributed by atoms with Crippen molar-refractivity contribution >= 4 is 69.8 Å². The largest absolute Gasteiger partial charge is 0.332 e. The molecule has 0 spiro atoms. The molecule has 0 atom stereocenters. The van der Waals surface area contributed by atoms with Crippen LogP contribution in [0.4, 0.5) is 11.4 Å². The van der Waals surface area contributed by atoms with Crippen LogP contribution in [0.3, 0.4) is 0 Å². The Morgan fingerprint density at radius 2 is 1.45 bits per heavy atom. The number of rotatable bonds is 5. The van der Waals surface area contributed by atoms with Crippen molar-refractivity contribution in [2.24, 2.45) is 0 Å². The van der Waals surface area contributed by atoms with E-state index in [0.717, 1.165) is 5.56 Å². The van der Waals surface area contributed by atoms with Gasteiger partial charge in [0.2, 0.25) is 5.91 Å². The van der Waals surface area contributed by atoms with Gasteiger partial charge in [0, 0.05) is 33.1 Å². The van der Waals surface area contributed by atoms with E-state index >= 15 is 0 Å². The van der Waals surface area contributed by atoms with Crippen LogP contribution in [0.5, 0.6) is 0 Å². The molecule has 0 aliphatic carbocycles. The third kappa shape index (κ3) is 7.22. The van der Waals surface area contributed by atoms with E-state index in [4.69, 9.17) is 35.4 Å². The van der Waals surface area contributed by atoms with Crippen molar-refractivity contribution in [1.29, 1.82) is 0 Å². The summed E-state index contributed by atoms with van der Waals surface area (Å²) in [5.41, 5.74) is 2.57. The maximum atomic E-state index is 12.3. The van der Waals surface area contributed by atoms with Gasteiger partial charge >= 0.3 is 0 Å². The Balaban J connectivity index is 1.50. The second-order valence-corrected chi connectivity index (χ2v) is 7.65. The number of anilines is 2. The van der Waals surface area contributed by atoms with Gasteiger partial charge in [-0.15, -0.1) is 0 Å². The molecule has 0 aliphatic heterocycles. The first-order chi connectivity index (χ1) is 14.9. The molecule has 0 heterocycles. The van der Waals surface area contributed by atoms with Crippen molar-refractivity contribution in [1.82, 2.24) is 5.32 Å². The molecule has 31 heavy (non-hydrogen) atoms. The maximum Gasteiger partial charge on any atom is 0.255 e. The lowest BCUT2D eigenvalue weighted by Gasteiger charge is -2.10. The Morgan fingerprint density at radius 1 is 0.806 bits per heavy atom. The second kappa shape index (κ2) is 10.7. The van der Waals surface area contributed by atoms with E-state index in [1.807, 2.05) is 0 Å². The van der Waals surface area contributed by atoms with Crippen LogP contribution in [0, 0.1) is 0 Å². The fraction of sp³-hybridized carbons (Fsp3) is 0. The van der Waals surface area contributed by atoms with Crippen LogP contribution in [-0.2, 0) is 4.79 Å². The van der Waals surface area contributed by atoms with Gasteiger partial charge in [-0.3, -0.25) is 14.9 Å². The predicted molar refractivity (Wildman–Crippen MR) is 131 cm³/mol. The summed E-state index contributed by atoms with van der Waals surface area (Å²) in [6, 6.07) is 20.7. The van der Waals surface area contributed by atoms with E-state index < -0.39 is 0 Å². The second-order valence-electron chi connectivity index (χ2n) is 6.37. The molecule has 0 saturated heterocycles. The van der Waals surface area contributed by atoms with E-state index in [-0.39, 0.29) is 16.9 Å². The predicted octanol–water partition coefficient (Wildman–Crippen LogP) is 5.77.